The summed E-state index contributed by atoms with van der Waals surface area (Å²) in [6, 6.07) is 7.60. The molecule has 4 N–H and O–H groups in total. The van der Waals surface area contributed by atoms with E-state index in [1.807, 2.05) is 0 Å². The van der Waals surface area contributed by atoms with Crippen LogP contribution in [0.25, 0.3) is 0 Å². The molecule has 0 bridgehead atoms. The standard InChI is InChI=1S/C11H13N3O2/c12-5-6-14-11(16)10(13)7-8-1-3-9(15)4-2-8/h1-4,10,15H,6-7,13H2,(H,14,16)/t10-/m1/s1. The fourth-order valence-electron chi connectivity index (χ4n) is 1.24. The van der Waals surface area contributed by atoms with Crippen molar-refractivity contribution in [2.75, 3.05) is 6.54 Å². The Morgan fingerprint density at radius 3 is 2.69 bits per heavy atom. The van der Waals surface area contributed by atoms with Gasteiger partial charge in [0.15, 0.2) is 0 Å². The molecule has 0 aliphatic carbocycles. The number of hydrogen-bond acceptors (Lipinski definition) is 4. The van der Waals surface area contributed by atoms with Gasteiger partial charge in [-0.25, -0.2) is 0 Å². The Morgan fingerprint density at radius 1 is 1.50 bits per heavy atom. The predicted molar refractivity (Wildman–Crippen MR) is 58.4 cm³/mol. The van der Waals surface area contributed by atoms with Crippen LogP contribution in [0.15, 0.2) is 24.3 Å². The highest BCUT2D eigenvalue weighted by Crippen LogP contribution is 2.10. The van der Waals surface area contributed by atoms with Gasteiger partial charge in [0.25, 0.3) is 0 Å². The highest BCUT2D eigenvalue weighted by Gasteiger charge is 2.13. The normalized spacial score (nSPS) is 11.5. The number of nitriles is 1. The smallest absolute Gasteiger partial charge is 0.238 e. The molecular weight excluding hydrogens is 206 g/mol. The second-order valence-electron chi connectivity index (χ2n) is 3.35. The Labute approximate surface area is 93.5 Å². The molecule has 5 nitrogen and oxygen atoms in total. The van der Waals surface area contributed by atoms with Gasteiger partial charge in [-0.15, -0.1) is 0 Å². The fourth-order valence-corrected chi connectivity index (χ4v) is 1.24. The first-order valence-electron chi connectivity index (χ1n) is 4.81. The van der Waals surface area contributed by atoms with E-state index in [-0.39, 0.29) is 18.2 Å². The van der Waals surface area contributed by atoms with Crippen LogP contribution in [-0.2, 0) is 11.2 Å². The Balaban J connectivity index is 2.51. The summed E-state index contributed by atoms with van der Waals surface area (Å²) in [5, 5.41) is 19.7. The van der Waals surface area contributed by atoms with Crippen LogP contribution in [0.4, 0.5) is 0 Å². The minimum atomic E-state index is -0.683. The van der Waals surface area contributed by atoms with E-state index in [1.165, 1.54) is 12.1 Å². The van der Waals surface area contributed by atoms with Crippen molar-refractivity contribution in [2.24, 2.45) is 5.73 Å². The third kappa shape index (κ3) is 3.59. The maximum absolute atomic E-state index is 11.3. The van der Waals surface area contributed by atoms with E-state index in [0.717, 1.165) is 5.56 Å². The van der Waals surface area contributed by atoms with Gasteiger partial charge in [-0.05, 0) is 24.1 Å². The van der Waals surface area contributed by atoms with Gasteiger partial charge in [-0.3, -0.25) is 4.79 Å². The van der Waals surface area contributed by atoms with Gasteiger partial charge in [0, 0.05) is 0 Å². The largest absolute Gasteiger partial charge is 0.508 e. The second-order valence-corrected chi connectivity index (χ2v) is 3.35. The number of nitrogens with zero attached hydrogens (tertiary/aromatic N) is 1. The number of phenols is 1. The Kier molecular flexibility index (Phi) is 4.30. The molecular formula is C11H13N3O2. The summed E-state index contributed by atoms with van der Waals surface area (Å²) in [4.78, 5) is 11.3. The van der Waals surface area contributed by atoms with Gasteiger partial charge in [0.2, 0.25) is 5.91 Å². The van der Waals surface area contributed by atoms with E-state index in [0.29, 0.717) is 6.42 Å². The van der Waals surface area contributed by atoms with Gasteiger partial charge in [0.05, 0.1) is 12.1 Å². The summed E-state index contributed by atoms with van der Waals surface area (Å²) >= 11 is 0. The molecule has 0 saturated heterocycles. The second kappa shape index (κ2) is 5.73. The predicted octanol–water partition coefficient (Wildman–Crippen LogP) is -0.0982. The number of benzene rings is 1. The lowest BCUT2D eigenvalue weighted by atomic mass is 10.1. The van der Waals surface area contributed by atoms with E-state index < -0.39 is 6.04 Å². The molecule has 0 unspecified atom stereocenters. The summed E-state index contributed by atoms with van der Waals surface area (Å²) in [7, 11) is 0. The number of aromatic hydroxyl groups is 1. The van der Waals surface area contributed by atoms with Crippen molar-refractivity contribution in [3.63, 3.8) is 0 Å². The molecule has 1 atom stereocenters. The SMILES string of the molecule is N#CCNC(=O)[C@H](N)Cc1ccc(O)cc1. The Hall–Kier alpha value is -2.06. The van der Waals surface area contributed by atoms with Crippen molar-refractivity contribution in [3.05, 3.63) is 29.8 Å². The zero-order valence-electron chi connectivity index (χ0n) is 8.68. The highest BCUT2D eigenvalue weighted by atomic mass is 16.3. The number of carbonyl (C=O) groups is 1. The summed E-state index contributed by atoms with van der Waals surface area (Å²) in [6.07, 6.45) is 0.373. The number of amides is 1. The zero-order chi connectivity index (χ0) is 12.0. The van der Waals surface area contributed by atoms with Gasteiger partial charge in [0.1, 0.15) is 12.3 Å². The summed E-state index contributed by atoms with van der Waals surface area (Å²) < 4.78 is 0. The number of nitrogens with one attached hydrogen (secondary N) is 1. The fraction of sp³-hybridized carbons (Fsp3) is 0.273. The number of phenolic OH excluding ortho intramolecular Hbond substituents is 1. The quantitative estimate of drug-likeness (QED) is 0.616. The minimum absolute atomic E-state index is 0.0396. The molecule has 0 fully saturated rings. The van der Waals surface area contributed by atoms with Crippen LogP contribution in [0.2, 0.25) is 0 Å². The number of rotatable bonds is 4. The first-order valence-corrected chi connectivity index (χ1v) is 4.81. The Bertz CT molecular complexity index is 395. The molecule has 1 aromatic rings. The van der Waals surface area contributed by atoms with E-state index >= 15 is 0 Å². The Morgan fingerprint density at radius 2 is 2.12 bits per heavy atom. The molecule has 0 spiro atoms. The molecule has 0 aliphatic heterocycles. The molecule has 1 rings (SSSR count). The number of hydrogen-bond donors (Lipinski definition) is 3. The van der Waals surface area contributed by atoms with Crippen molar-refractivity contribution >= 4 is 5.91 Å². The summed E-state index contributed by atoms with van der Waals surface area (Å²) in [5.74, 6) is -0.180. The third-order valence-corrected chi connectivity index (χ3v) is 2.07. The van der Waals surface area contributed by atoms with Crippen LogP contribution < -0.4 is 11.1 Å². The number of carbonyl (C=O) groups excluding carboxylic acids is 1. The number of nitrogens with two attached hydrogens (primary N) is 1. The maximum atomic E-state index is 11.3. The molecule has 16 heavy (non-hydrogen) atoms. The third-order valence-electron chi connectivity index (χ3n) is 2.07. The van der Waals surface area contributed by atoms with E-state index in [9.17, 15) is 4.79 Å². The van der Waals surface area contributed by atoms with Gasteiger partial charge in [-0.1, -0.05) is 12.1 Å². The monoisotopic (exact) mass is 219 g/mol. The van der Waals surface area contributed by atoms with Crippen LogP contribution in [0.1, 0.15) is 5.56 Å². The lowest BCUT2D eigenvalue weighted by molar-refractivity contribution is -0.122. The van der Waals surface area contributed by atoms with Gasteiger partial charge >= 0.3 is 0 Å². The topological polar surface area (TPSA) is 99.1 Å². The first-order chi connectivity index (χ1) is 7.63. The van der Waals surface area contributed by atoms with Crippen LogP contribution in [-0.4, -0.2) is 23.6 Å². The first kappa shape index (κ1) is 12.0. The van der Waals surface area contributed by atoms with Crippen molar-refractivity contribution < 1.29 is 9.90 Å². The van der Waals surface area contributed by atoms with E-state index in [2.05, 4.69) is 5.32 Å². The van der Waals surface area contributed by atoms with Crippen molar-refractivity contribution in [1.29, 1.82) is 5.26 Å². The average molecular weight is 219 g/mol. The molecule has 1 aromatic carbocycles. The van der Waals surface area contributed by atoms with E-state index in [1.54, 1.807) is 18.2 Å². The van der Waals surface area contributed by atoms with Gasteiger partial charge in [-0.2, -0.15) is 5.26 Å². The molecule has 0 aliphatic rings. The van der Waals surface area contributed by atoms with Crippen LogP contribution in [0.3, 0.4) is 0 Å². The molecule has 84 valence electrons. The highest BCUT2D eigenvalue weighted by molar-refractivity contribution is 5.81. The van der Waals surface area contributed by atoms with Crippen LogP contribution >= 0.6 is 0 Å². The lowest BCUT2D eigenvalue weighted by Crippen LogP contribution is -2.42. The van der Waals surface area contributed by atoms with Crippen molar-refractivity contribution in [2.45, 2.75) is 12.5 Å². The average Bonchev–Trinajstić information content (AvgIpc) is 2.29. The maximum Gasteiger partial charge on any atom is 0.238 e. The van der Waals surface area contributed by atoms with Crippen LogP contribution in [0.5, 0.6) is 5.75 Å². The molecule has 0 aromatic heterocycles. The zero-order valence-corrected chi connectivity index (χ0v) is 8.68. The molecule has 0 saturated carbocycles. The molecule has 5 heteroatoms. The summed E-state index contributed by atoms with van der Waals surface area (Å²) in [5.41, 5.74) is 6.50. The van der Waals surface area contributed by atoms with Crippen molar-refractivity contribution in [1.82, 2.24) is 5.32 Å². The van der Waals surface area contributed by atoms with E-state index in [4.69, 9.17) is 16.1 Å². The minimum Gasteiger partial charge on any atom is -0.508 e. The molecule has 0 radical (unpaired) electrons. The lowest BCUT2D eigenvalue weighted by Gasteiger charge is -2.10. The summed E-state index contributed by atoms with van der Waals surface area (Å²) in [6.45, 7) is -0.0396. The molecule has 1 amide bonds. The van der Waals surface area contributed by atoms with Crippen LogP contribution in [0, 0.1) is 11.3 Å². The van der Waals surface area contributed by atoms with Crippen molar-refractivity contribution in [3.8, 4) is 11.8 Å². The van der Waals surface area contributed by atoms with Gasteiger partial charge < -0.3 is 16.2 Å². The molecule has 0 heterocycles.